The summed E-state index contributed by atoms with van der Waals surface area (Å²) in [5.74, 6) is 5.07. The van der Waals surface area contributed by atoms with E-state index in [4.69, 9.17) is 10.5 Å². The van der Waals surface area contributed by atoms with Gasteiger partial charge in [0.1, 0.15) is 18.3 Å². The van der Waals surface area contributed by atoms with Gasteiger partial charge in [0.25, 0.3) is 5.56 Å². The van der Waals surface area contributed by atoms with Gasteiger partial charge in [0.15, 0.2) is 17.4 Å². The summed E-state index contributed by atoms with van der Waals surface area (Å²) in [7, 11) is 0. The van der Waals surface area contributed by atoms with Crippen molar-refractivity contribution in [1.82, 2.24) is 19.1 Å². The number of aromatic amines is 1. The van der Waals surface area contributed by atoms with Crippen LogP contribution in [0, 0.1) is 11.8 Å². The number of nitrogens with zero attached hydrogens (tertiary/aromatic N) is 3. The molecule has 0 aromatic carbocycles. The van der Waals surface area contributed by atoms with E-state index >= 15 is 0 Å². The van der Waals surface area contributed by atoms with Crippen LogP contribution in [0.5, 0.6) is 0 Å². The van der Waals surface area contributed by atoms with E-state index in [0.29, 0.717) is 0 Å². The first-order valence-corrected chi connectivity index (χ1v) is 7.43. The van der Waals surface area contributed by atoms with Crippen molar-refractivity contribution >= 4 is 17.1 Å². The number of imidazole rings is 1. The monoisotopic (exact) mass is 351 g/mol. The molecule has 3 heterocycles. The lowest BCUT2D eigenvalue weighted by Gasteiger charge is -2.15. The maximum atomic E-state index is 12.8. The number of rotatable bonds is 3. The lowest BCUT2D eigenvalue weighted by molar-refractivity contribution is -0.0527. The molecular formula is C14H17N5O6. The Kier molecular flexibility index (Phi) is 4.36. The number of H-pyrrole nitrogens is 1. The number of nitrogen functional groups attached to an aromatic ring is 1. The third-order valence-corrected chi connectivity index (χ3v) is 4.02. The molecular weight excluding hydrogens is 334 g/mol. The fraction of sp³-hybridized carbons (Fsp3) is 0.500. The van der Waals surface area contributed by atoms with E-state index < -0.39 is 42.4 Å². The van der Waals surface area contributed by atoms with E-state index in [9.17, 15) is 24.9 Å². The summed E-state index contributed by atoms with van der Waals surface area (Å²) in [4.78, 5) is 31.3. The molecule has 1 unspecified atom stereocenters. The van der Waals surface area contributed by atoms with Gasteiger partial charge in [0, 0.05) is 0 Å². The zero-order valence-corrected chi connectivity index (χ0v) is 13.2. The Morgan fingerprint density at radius 3 is 2.68 bits per heavy atom. The van der Waals surface area contributed by atoms with Crippen molar-refractivity contribution in [3.05, 3.63) is 20.8 Å². The molecule has 0 amide bonds. The summed E-state index contributed by atoms with van der Waals surface area (Å²) >= 11 is 0. The Bertz CT molecular complexity index is 980. The van der Waals surface area contributed by atoms with Crippen LogP contribution < -0.4 is 17.0 Å². The molecule has 0 bridgehead atoms. The summed E-state index contributed by atoms with van der Waals surface area (Å²) in [6, 6.07) is 0. The van der Waals surface area contributed by atoms with E-state index in [0.717, 1.165) is 9.13 Å². The Balaban J connectivity index is 2.28. The predicted octanol–water partition coefficient (Wildman–Crippen LogP) is -2.90. The van der Waals surface area contributed by atoms with Crippen LogP contribution in [-0.2, 0) is 11.3 Å². The minimum Gasteiger partial charge on any atom is -0.394 e. The molecule has 0 spiro atoms. The molecule has 134 valence electrons. The molecule has 0 aliphatic carbocycles. The van der Waals surface area contributed by atoms with Gasteiger partial charge in [-0.3, -0.25) is 14.3 Å². The number of hydrogen-bond donors (Lipinski definition) is 5. The highest BCUT2D eigenvalue weighted by Crippen LogP contribution is 2.30. The summed E-state index contributed by atoms with van der Waals surface area (Å²) in [5.41, 5.74) is 4.00. The van der Waals surface area contributed by atoms with Crippen LogP contribution >= 0.6 is 0 Å². The van der Waals surface area contributed by atoms with Crippen molar-refractivity contribution in [1.29, 1.82) is 0 Å². The number of aromatic nitrogens is 4. The van der Waals surface area contributed by atoms with Crippen molar-refractivity contribution in [2.75, 3.05) is 12.3 Å². The lowest BCUT2D eigenvalue weighted by Crippen LogP contribution is -2.36. The van der Waals surface area contributed by atoms with Crippen LogP contribution in [0.15, 0.2) is 9.59 Å². The zero-order chi connectivity index (χ0) is 18.3. The first-order chi connectivity index (χ1) is 11.9. The molecule has 0 radical (unpaired) electrons. The van der Waals surface area contributed by atoms with Crippen LogP contribution in [0.25, 0.3) is 11.2 Å². The van der Waals surface area contributed by atoms with Crippen LogP contribution in [0.1, 0.15) is 13.2 Å². The Morgan fingerprint density at radius 1 is 1.36 bits per heavy atom. The quantitative estimate of drug-likeness (QED) is 0.367. The van der Waals surface area contributed by atoms with Gasteiger partial charge in [0.2, 0.25) is 5.95 Å². The maximum Gasteiger partial charge on any atom is 0.333 e. The Morgan fingerprint density at radius 2 is 2.08 bits per heavy atom. The first kappa shape index (κ1) is 17.2. The lowest BCUT2D eigenvalue weighted by atomic mass is 10.1. The normalized spacial score (nSPS) is 25.9. The highest BCUT2D eigenvalue weighted by molar-refractivity contribution is 5.72. The van der Waals surface area contributed by atoms with Crippen molar-refractivity contribution in [3.63, 3.8) is 0 Å². The van der Waals surface area contributed by atoms with Gasteiger partial charge in [-0.1, -0.05) is 5.92 Å². The molecule has 2 aromatic heterocycles. The van der Waals surface area contributed by atoms with Gasteiger partial charge in [-0.15, -0.1) is 5.92 Å². The van der Waals surface area contributed by atoms with Gasteiger partial charge in [-0.2, -0.15) is 4.98 Å². The average molecular weight is 351 g/mol. The standard InChI is InChI=1S/C14H17N5O6/c1-2-3-4-18-7-10(16-13(15)17-11(7)23)19(14(18)24)12-9(22)8(21)6(5-20)25-12/h6,8-9,12,20-22H,4-5H2,1H3,(H3,15,16,17,23)/t6-,8?,9+,12-/m1/s1. The SMILES string of the molecule is CC#CCn1c(=O)n([C@@H]2O[C@H](CO)C(O)[C@@H]2O)c2nc(N)[nH]c(=O)c21. The van der Waals surface area contributed by atoms with Crippen LogP contribution in [-0.4, -0.2) is 59.3 Å². The first-order valence-electron chi connectivity index (χ1n) is 7.43. The summed E-state index contributed by atoms with van der Waals surface area (Å²) < 4.78 is 7.39. The van der Waals surface area contributed by atoms with Gasteiger partial charge >= 0.3 is 5.69 Å². The van der Waals surface area contributed by atoms with Crippen LogP contribution in [0.2, 0.25) is 0 Å². The van der Waals surface area contributed by atoms with Crippen molar-refractivity contribution in [3.8, 4) is 11.8 Å². The summed E-state index contributed by atoms with van der Waals surface area (Å²) in [6.07, 6.45) is -5.34. The second kappa shape index (κ2) is 6.34. The number of ether oxygens (including phenoxy) is 1. The van der Waals surface area contributed by atoms with Crippen molar-refractivity contribution in [2.45, 2.75) is 38.0 Å². The van der Waals surface area contributed by atoms with E-state index in [2.05, 4.69) is 21.8 Å². The average Bonchev–Trinajstić information content (AvgIpc) is 3.00. The summed E-state index contributed by atoms with van der Waals surface area (Å²) in [5, 5.41) is 29.3. The fourth-order valence-corrected chi connectivity index (χ4v) is 2.83. The van der Waals surface area contributed by atoms with E-state index in [1.807, 2.05) is 0 Å². The molecule has 1 aliphatic heterocycles. The molecule has 2 aromatic rings. The molecule has 4 atom stereocenters. The van der Waals surface area contributed by atoms with E-state index in [1.54, 1.807) is 6.92 Å². The van der Waals surface area contributed by atoms with Gasteiger partial charge in [0.05, 0.1) is 13.2 Å². The number of fused-ring (bicyclic) bond motifs is 1. The zero-order valence-electron chi connectivity index (χ0n) is 13.2. The second-order valence-electron chi connectivity index (χ2n) is 5.52. The van der Waals surface area contributed by atoms with Gasteiger partial charge < -0.3 is 25.8 Å². The molecule has 1 saturated heterocycles. The topological polar surface area (TPSA) is 169 Å². The maximum absolute atomic E-state index is 12.8. The van der Waals surface area contributed by atoms with Crippen LogP contribution in [0.3, 0.4) is 0 Å². The largest absolute Gasteiger partial charge is 0.394 e. The van der Waals surface area contributed by atoms with Crippen LogP contribution in [0.4, 0.5) is 5.95 Å². The minimum absolute atomic E-state index is 0.0810. The fourth-order valence-electron chi connectivity index (χ4n) is 2.83. The van der Waals surface area contributed by atoms with E-state index in [1.165, 1.54) is 0 Å². The highest BCUT2D eigenvalue weighted by Gasteiger charge is 2.45. The highest BCUT2D eigenvalue weighted by atomic mass is 16.6. The number of nitrogens with two attached hydrogens (primary N) is 1. The van der Waals surface area contributed by atoms with Gasteiger partial charge in [-0.25, -0.2) is 9.36 Å². The summed E-state index contributed by atoms with van der Waals surface area (Å²) in [6.45, 7) is 0.943. The molecule has 0 saturated carbocycles. The third kappa shape index (κ3) is 2.61. The number of hydrogen-bond acceptors (Lipinski definition) is 8. The molecule has 1 aliphatic rings. The van der Waals surface area contributed by atoms with Gasteiger partial charge in [-0.05, 0) is 6.92 Å². The van der Waals surface area contributed by atoms with Crippen molar-refractivity contribution in [2.24, 2.45) is 0 Å². The van der Waals surface area contributed by atoms with E-state index in [-0.39, 0.29) is 23.7 Å². The number of aliphatic hydroxyl groups is 3. The smallest absolute Gasteiger partial charge is 0.333 e. The third-order valence-electron chi connectivity index (χ3n) is 4.02. The Hall–Kier alpha value is -2.65. The van der Waals surface area contributed by atoms with Crippen molar-refractivity contribution < 1.29 is 20.1 Å². The number of aliphatic hydroxyl groups excluding tert-OH is 3. The minimum atomic E-state index is -1.51. The predicted molar refractivity (Wildman–Crippen MR) is 85.5 cm³/mol. The molecule has 6 N–H and O–H groups in total. The Labute approximate surface area is 140 Å². The second-order valence-corrected chi connectivity index (χ2v) is 5.52. The number of nitrogens with one attached hydrogen (secondary N) is 1. The molecule has 3 rings (SSSR count). The molecule has 25 heavy (non-hydrogen) atoms. The molecule has 1 fully saturated rings. The molecule has 11 nitrogen and oxygen atoms in total. The molecule has 11 heteroatoms. The number of anilines is 1.